The van der Waals surface area contributed by atoms with Crippen LogP contribution in [0.2, 0.25) is 0 Å². The maximum absolute atomic E-state index is 2.28. The molecule has 0 aliphatic carbocycles. The second-order valence-electron chi connectivity index (χ2n) is 7.51. The van der Waals surface area contributed by atoms with Crippen LogP contribution in [0.15, 0.2) is 96.3 Å². The van der Waals surface area contributed by atoms with Crippen molar-refractivity contribution in [3.05, 3.63) is 107 Å². The van der Waals surface area contributed by atoms with Crippen LogP contribution in [0, 0.1) is 0 Å². The fraction of sp³-hybridized carbons (Fsp3) is 0.192. The number of rotatable bonds is 4. The van der Waals surface area contributed by atoms with Crippen molar-refractivity contribution in [3.8, 4) is 0 Å². The van der Waals surface area contributed by atoms with E-state index in [1.54, 1.807) is 0 Å². The third-order valence-electron chi connectivity index (χ3n) is 5.61. The zero-order valence-electron chi connectivity index (χ0n) is 16.9. The molecule has 0 atom stereocenters. The van der Waals surface area contributed by atoms with E-state index >= 15 is 0 Å². The number of hydrogen-bond acceptors (Lipinski definition) is 1. The maximum atomic E-state index is 2.28. The summed E-state index contributed by atoms with van der Waals surface area (Å²) >= 11 is 0. The molecule has 0 fully saturated rings. The molecule has 0 saturated carbocycles. The van der Waals surface area contributed by atoms with Crippen LogP contribution >= 0.6 is 0 Å². The van der Waals surface area contributed by atoms with Crippen molar-refractivity contribution in [3.63, 3.8) is 0 Å². The van der Waals surface area contributed by atoms with E-state index in [-0.39, 0.29) is 0 Å². The van der Waals surface area contributed by atoms with Gasteiger partial charge in [0.1, 0.15) is 7.05 Å². The Hall–Kier alpha value is -3.13. The minimum Gasteiger partial charge on any atom is -0.348 e. The molecule has 0 radical (unpaired) electrons. The first-order valence-corrected chi connectivity index (χ1v) is 9.85. The molecular weight excluding hydrogens is 340 g/mol. The molecule has 0 unspecified atom stereocenters. The molecular formula is C26H27N2+. The summed E-state index contributed by atoms with van der Waals surface area (Å²) < 4.78 is 2.28. The lowest BCUT2D eigenvalue weighted by Crippen LogP contribution is -2.10. The number of nitrogens with zero attached hydrogens (tertiary/aromatic N) is 2. The third kappa shape index (κ3) is 3.63. The van der Waals surface area contributed by atoms with Crippen LogP contribution in [0.1, 0.15) is 18.1 Å². The second kappa shape index (κ2) is 7.85. The Kier molecular flexibility index (Phi) is 5.12. The molecule has 0 aromatic heterocycles. The molecule has 2 aromatic rings. The Bertz CT molecular complexity index is 1050. The predicted octanol–water partition coefficient (Wildman–Crippen LogP) is 5.59. The average molecular weight is 368 g/mol. The highest BCUT2D eigenvalue weighted by atomic mass is 15.1. The van der Waals surface area contributed by atoms with Gasteiger partial charge in [0.2, 0.25) is 5.69 Å². The van der Waals surface area contributed by atoms with Gasteiger partial charge in [0.15, 0.2) is 5.71 Å². The first-order chi connectivity index (χ1) is 13.6. The zero-order chi connectivity index (χ0) is 19.5. The topological polar surface area (TPSA) is 6.25 Å². The molecule has 0 amide bonds. The Balaban J connectivity index is 1.40. The summed E-state index contributed by atoms with van der Waals surface area (Å²) in [6.45, 7) is 2.14. The number of fused-ring (bicyclic) bond motifs is 2. The van der Waals surface area contributed by atoms with E-state index in [4.69, 9.17) is 0 Å². The lowest BCUT2D eigenvalue weighted by molar-refractivity contribution is -0.400. The highest BCUT2D eigenvalue weighted by Gasteiger charge is 2.23. The van der Waals surface area contributed by atoms with Gasteiger partial charge in [0.05, 0.1) is 6.42 Å². The Morgan fingerprint density at radius 1 is 0.964 bits per heavy atom. The fourth-order valence-corrected chi connectivity index (χ4v) is 3.93. The third-order valence-corrected chi connectivity index (χ3v) is 5.61. The van der Waals surface area contributed by atoms with Crippen molar-refractivity contribution in [2.24, 2.45) is 0 Å². The van der Waals surface area contributed by atoms with Gasteiger partial charge in [-0.2, -0.15) is 4.58 Å². The largest absolute Gasteiger partial charge is 0.348 e. The van der Waals surface area contributed by atoms with Crippen LogP contribution in [0.5, 0.6) is 0 Å². The van der Waals surface area contributed by atoms with Crippen molar-refractivity contribution in [1.82, 2.24) is 0 Å². The number of likely N-dealkylation sites (N-methyl/N-ethyl adjacent to an activating group) is 1. The zero-order valence-corrected chi connectivity index (χ0v) is 16.9. The number of para-hydroxylation sites is 2. The standard InChI is InChI=1S/C26H27N2/c1-20(10-8-14-23-18-21-12-4-6-16-25(21)27(23)2)11-9-15-24-19-22-13-5-7-17-26(22)28(24)3/h4-17H,18-19H2,1-3H3/q+1. The summed E-state index contributed by atoms with van der Waals surface area (Å²) in [5.41, 5.74) is 9.35. The molecule has 0 N–H and O–H groups in total. The summed E-state index contributed by atoms with van der Waals surface area (Å²) in [5.74, 6) is 0. The van der Waals surface area contributed by atoms with Crippen LogP contribution in [0.4, 0.5) is 11.4 Å². The van der Waals surface area contributed by atoms with Crippen LogP contribution in [-0.4, -0.2) is 24.4 Å². The van der Waals surface area contributed by atoms with Gasteiger partial charge in [0.25, 0.3) is 0 Å². The number of anilines is 1. The van der Waals surface area contributed by atoms with Gasteiger partial charge in [0, 0.05) is 42.6 Å². The molecule has 2 aliphatic heterocycles. The van der Waals surface area contributed by atoms with Crippen molar-refractivity contribution in [1.29, 1.82) is 0 Å². The van der Waals surface area contributed by atoms with Crippen LogP contribution in [-0.2, 0) is 12.8 Å². The Morgan fingerprint density at radius 2 is 1.71 bits per heavy atom. The molecule has 2 aliphatic rings. The summed E-state index contributed by atoms with van der Waals surface area (Å²) in [6.07, 6.45) is 15.1. The summed E-state index contributed by atoms with van der Waals surface area (Å²) in [5, 5.41) is 0. The van der Waals surface area contributed by atoms with Gasteiger partial charge in [-0.25, -0.2) is 0 Å². The van der Waals surface area contributed by atoms with Crippen molar-refractivity contribution < 1.29 is 4.58 Å². The Labute approximate surface area is 168 Å². The van der Waals surface area contributed by atoms with E-state index in [2.05, 4.69) is 115 Å². The molecule has 2 aromatic carbocycles. The van der Waals surface area contributed by atoms with E-state index in [0.29, 0.717) is 0 Å². The first kappa shape index (κ1) is 18.2. The van der Waals surface area contributed by atoms with Crippen LogP contribution < -0.4 is 4.90 Å². The molecule has 0 saturated heterocycles. The molecule has 28 heavy (non-hydrogen) atoms. The van der Waals surface area contributed by atoms with Gasteiger partial charge >= 0.3 is 0 Å². The predicted molar refractivity (Wildman–Crippen MR) is 120 cm³/mol. The maximum Gasteiger partial charge on any atom is 0.208 e. The fourth-order valence-electron chi connectivity index (χ4n) is 3.93. The van der Waals surface area contributed by atoms with Gasteiger partial charge in [-0.3, -0.25) is 0 Å². The van der Waals surface area contributed by atoms with Gasteiger partial charge in [-0.05, 0) is 24.6 Å². The van der Waals surface area contributed by atoms with E-state index in [1.807, 2.05) is 0 Å². The van der Waals surface area contributed by atoms with Crippen molar-refractivity contribution in [2.75, 3.05) is 19.0 Å². The van der Waals surface area contributed by atoms with Gasteiger partial charge in [-0.1, -0.05) is 66.3 Å². The molecule has 0 spiro atoms. The highest BCUT2D eigenvalue weighted by molar-refractivity contribution is 5.96. The summed E-state index contributed by atoms with van der Waals surface area (Å²) in [4.78, 5) is 2.28. The summed E-state index contributed by atoms with van der Waals surface area (Å²) in [7, 11) is 4.29. The molecule has 2 heteroatoms. The average Bonchev–Trinajstić information content (AvgIpc) is 3.20. The highest BCUT2D eigenvalue weighted by Crippen LogP contribution is 2.32. The molecule has 4 rings (SSSR count). The van der Waals surface area contributed by atoms with Crippen LogP contribution in [0.3, 0.4) is 0 Å². The lowest BCUT2D eigenvalue weighted by atomic mass is 10.1. The molecule has 140 valence electrons. The first-order valence-electron chi connectivity index (χ1n) is 9.85. The lowest BCUT2D eigenvalue weighted by Gasteiger charge is -2.13. The number of hydrogen-bond donors (Lipinski definition) is 0. The van der Waals surface area contributed by atoms with Crippen molar-refractivity contribution in [2.45, 2.75) is 19.8 Å². The molecule has 2 heterocycles. The molecule has 0 bridgehead atoms. The minimum absolute atomic E-state index is 1.00. The van der Waals surface area contributed by atoms with Gasteiger partial charge in [-0.15, -0.1) is 0 Å². The van der Waals surface area contributed by atoms with Crippen molar-refractivity contribution >= 4 is 17.1 Å². The van der Waals surface area contributed by atoms with Crippen LogP contribution in [0.25, 0.3) is 0 Å². The number of benzene rings is 2. The monoisotopic (exact) mass is 367 g/mol. The quantitative estimate of drug-likeness (QED) is 0.504. The second-order valence-corrected chi connectivity index (χ2v) is 7.51. The number of allylic oxidation sites excluding steroid dienone is 8. The normalized spacial score (nSPS) is 18.0. The Morgan fingerprint density at radius 3 is 2.50 bits per heavy atom. The summed E-state index contributed by atoms with van der Waals surface area (Å²) in [6, 6.07) is 17.2. The van der Waals surface area contributed by atoms with E-state index in [9.17, 15) is 0 Å². The van der Waals surface area contributed by atoms with E-state index in [0.717, 1.165) is 12.8 Å². The van der Waals surface area contributed by atoms with E-state index in [1.165, 1.54) is 39.5 Å². The SMILES string of the molecule is CC(/C=C/C=C1\Cc2ccccc2N1C)=C\C=C\C1=[N+](C)c2ccccc2C1. The minimum atomic E-state index is 1.00. The molecule has 2 nitrogen and oxygen atoms in total. The van der Waals surface area contributed by atoms with Gasteiger partial charge < -0.3 is 4.90 Å². The smallest absolute Gasteiger partial charge is 0.208 e. The van der Waals surface area contributed by atoms with E-state index < -0.39 is 0 Å².